The van der Waals surface area contributed by atoms with Crippen LogP contribution < -0.4 is 5.32 Å². The van der Waals surface area contributed by atoms with Crippen LogP contribution in [0.3, 0.4) is 0 Å². The monoisotopic (exact) mass is 207 g/mol. The van der Waals surface area contributed by atoms with E-state index >= 15 is 0 Å². The normalized spacial score (nSPS) is 9.93. The van der Waals surface area contributed by atoms with Crippen LogP contribution in [0.25, 0.3) is 0 Å². The molecule has 0 saturated carbocycles. The highest BCUT2D eigenvalue weighted by Crippen LogP contribution is 2.04. The zero-order valence-corrected chi connectivity index (χ0v) is 8.50. The van der Waals surface area contributed by atoms with Gasteiger partial charge in [-0.2, -0.15) is 0 Å². The molecule has 0 fully saturated rings. The van der Waals surface area contributed by atoms with Gasteiger partial charge in [-0.05, 0) is 17.7 Å². The molecule has 0 aliphatic carbocycles. The Labute approximate surface area is 88.8 Å². The average Bonchev–Trinajstić information content (AvgIpc) is 2.18. The summed E-state index contributed by atoms with van der Waals surface area (Å²) in [6.45, 7) is 4.43. The fourth-order valence-electron chi connectivity index (χ4n) is 1.25. The first kappa shape index (κ1) is 11.6. The summed E-state index contributed by atoms with van der Waals surface area (Å²) in [5.41, 5.74) is 0.709. The summed E-state index contributed by atoms with van der Waals surface area (Å²) in [4.78, 5) is 11.4. The van der Waals surface area contributed by atoms with Crippen LogP contribution in [0.5, 0.6) is 0 Å². The Bertz CT molecular complexity index is 349. The second-order valence-corrected chi connectivity index (χ2v) is 3.26. The van der Waals surface area contributed by atoms with Crippen molar-refractivity contribution in [2.75, 3.05) is 13.1 Å². The Morgan fingerprint density at radius 2 is 2.33 bits per heavy atom. The summed E-state index contributed by atoms with van der Waals surface area (Å²) in [6.07, 6.45) is 1.96. The number of nitrogens with one attached hydrogen (secondary N) is 1. The molecule has 1 rings (SSSR count). The zero-order chi connectivity index (χ0) is 11.1. The van der Waals surface area contributed by atoms with Gasteiger partial charge in [-0.1, -0.05) is 18.2 Å². The van der Waals surface area contributed by atoms with Gasteiger partial charge in [-0.3, -0.25) is 4.79 Å². The van der Waals surface area contributed by atoms with Crippen LogP contribution >= 0.6 is 0 Å². The molecule has 0 aliphatic heterocycles. The molecule has 1 aromatic rings. The molecule has 0 saturated heterocycles. The third-order valence-electron chi connectivity index (χ3n) is 1.90. The standard InChI is InChI=1S/C12H14FNO/c1-2-6-14-9-12(15)8-10-4-3-5-11(13)7-10/h2-5,7,14H,1,6,8-9H2. The number of hydrogen-bond acceptors (Lipinski definition) is 2. The van der Waals surface area contributed by atoms with E-state index in [9.17, 15) is 9.18 Å². The maximum atomic E-state index is 12.8. The zero-order valence-electron chi connectivity index (χ0n) is 8.50. The van der Waals surface area contributed by atoms with Gasteiger partial charge in [0.15, 0.2) is 5.78 Å². The fraction of sp³-hybridized carbons (Fsp3) is 0.250. The minimum Gasteiger partial charge on any atom is -0.307 e. The third-order valence-corrected chi connectivity index (χ3v) is 1.90. The SMILES string of the molecule is C=CCNCC(=O)Cc1cccc(F)c1. The van der Waals surface area contributed by atoms with Crippen molar-refractivity contribution in [2.45, 2.75) is 6.42 Å². The van der Waals surface area contributed by atoms with E-state index in [-0.39, 0.29) is 18.0 Å². The van der Waals surface area contributed by atoms with Crippen LogP contribution in [0.1, 0.15) is 5.56 Å². The molecule has 0 spiro atoms. The van der Waals surface area contributed by atoms with Gasteiger partial charge in [0.25, 0.3) is 0 Å². The molecule has 0 aromatic heterocycles. The van der Waals surface area contributed by atoms with Crippen molar-refractivity contribution in [1.29, 1.82) is 0 Å². The Hall–Kier alpha value is -1.48. The van der Waals surface area contributed by atoms with Gasteiger partial charge in [0.05, 0.1) is 6.54 Å². The lowest BCUT2D eigenvalue weighted by Crippen LogP contribution is -2.24. The molecule has 80 valence electrons. The summed E-state index contributed by atoms with van der Waals surface area (Å²) in [5, 5.41) is 2.91. The molecule has 2 nitrogen and oxygen atoms in total. The van der Waals surface area contributed by atoms with E-state index in [0.29, 0.717) is 18.7 Å². The third kappa shape index (κ3) is 4.51. The first-order valence-corrected chi connectivity index (χ1v) is 4.80. The van der Waals surface area contributed by atoms with E-state index in [1.807, 2.05) is 0 Å². The van der Waals surface area contributed by atoms with Crippen LogP contribution in [-0.4, -0.2) is 18.9 Å². The van der Waals surface area contributed by atoms with Gasteiger partial charge in [0, 0.05) is 13.0 Å². The quantitative estimate of drug-likeness (QED) is 0.568. The van der Waals surface area contributed by atoms with Crippen molar-refractivity contribution in [1.82, 2.24) is 5.32 Å². The lowest BCUT2D eigenvalue weighted by atomic mass is 10.1. The second kappa shape index (κ2) is 6.09. The predicted molar refractivity (Wildman–Crippen MR) is 58.2 cm³/mol. The number of hydrogen-bond donors (Lipinski definition) is 1. The molecule has 0 heterocycles. The maximum absolute atomic E-state index is 12.8. The molecule has 0 amide bonds. The van der Waals surface area contributed by atoms with Crippen LogP contribution in [0.4, 0.5) is 4.39 Å². The van der Waals surface area contributed by atoms with Crippen molar-refractivity contribution in [3.63, 3.8) is 0 Å². The van der Waals surface area contributed by atoms with Gasteiger partial charge < -0.3 is 5.32 Å². The van der Waals surface area contributed by atoms with E-state index in [1.54, 1.807) is 18.2 Å². The van der Waals surface area contributed by atoms with Gasteiger partial charge in [-0.25, -0.2) is 4.39 Å². The van der Waals surface area contributed by atoms with Crippen molar-refractivity contribution in [3.05, 3.63) is 48.3 Å². The second-order valence-electron chi connectivity index (χ2n) is 3.26. The smallest absolute Gasteiger partial charge is 0.150 e. The minimum absolute atomic E-state index is 0.0439. The van der Waals surface area contributed by atoms with Crippen LogP contribution in [0, 0.1) is 5.82 Å². The largest absolute Gasteiger partial charge is 0.307 e. The van der Waals surface area contributed by atoms with Crippen molar-refractivity contribution in [3.8, 4) is 0 Å². The number of ketones is 1. The highest BCUT2D eigenvalue weighted by Gasteiger charge is 2.03. The highest BCUT2D eigenvalue weighted by atomic mass is 19.1. The lowest BCUT2D eigenvalue weighted by Gasteiger charge is -2.02. The van der Waals surface area contributed by atoms with Crippen LogP contribution in [0.15, 0.2) is 36.9 Å². The van der Waals surface area contributed by atoms with Gasteiger partial charge in [-0.15, -0.1) is 6.58 Å². The Morgan fingerprint density at radius 3 is 3.00 bits per heavy atom. The lowest BCUT2D eigenvalue weighted by molar-refractivity contribution is -0.117. The molecule has 0 unspecified atom stereocenters. The summed E-state index contributed by atoms with van der Waals surface area (Å²) in [6, 6.07) is 6.10. The summed E-state index contributed by atoms with van der Waals surface area (Å²) >= 11 is 0. The van der Waals surface area contributed by atoms with E-state index in [4.69, 9.17) is 0 Å². The fourth-order valence-corrected chi connectivity index (χ4v) is 1.25. The van der Waals surface area contributed by atoms with Crippen LogP contribution in [-0.2, 0) is 11.2 Å². The molecular formula is C12H14FNO. The van der Waals surface area contributed by atoms with E-state index < -0.39 is 0 Å². The first-order chi connectivity index (χ1) is 7.22. The van der Waals surface area contributed by atoms with Crippen molar-refractivity contribution >= 4 is 5.78 Å². The van der Waals surface area contributed by atoms with Crippen molar-refractivity contribution in [2.24, 2.45) is 0 Å². The van der Waals surface area contributed by atoms with Gasteiger partial charge in [0.1, 0.15) is 5.82 Å². The maximum Gasteiger partial charge on any atom is 0.150 e. The molecule has 1 aromatic carbocycles. The Balaban J connectivity index is 2.40. The molecule has 1 N–H and O–H groups in total. The van der Waals surface area contributed by atoms with Gasteiger partial charge in [0.2, 0.25) is 0 Å². The van der Waals surface area contributed by atoms with Gasteiger partial charge >= 0.3 is 0 Å². The molecule has 15 heavy (non-hydrogen) atoms. The minimum atomic E-state index is -0.306. The number of benzene rings is 1. The average molecular weight is 207 g/mol. The number of carbonyl (C=O) groups is 1. The number of Topliss-reactive ketones (excluding diaryl/α,β-unsaturated/α-hetero) is 1. The predicted octanol–water partition coefficient (Wildman–Crippen LogP) is 1.71. The van der Waals surface area contributed by atoms with Crippen molar-refractivity contribution < 1.29 is 9.18 Å². The highest BCUT2D eigenvalue weighted by molar-refractivity contribution is 5.82. The number of rotatable bonds is 6. The molecule has 0 bridgehead atoms. The molecule has 0 atom stereocenters. The number of halogens is 1. The molecular weight excluding hydrogens is 193 g/mol. The molecule has 3 heteroatoms. The van der Waals surface area contributed by atoms with E-state index in [2.05, 4.69) is 11.9 Å². The van der Waals surface area contributed by atoms with E-state index in [0.717, 1.165) is 0 Å². The topological polar surface area (TPSA) is 29.1 Å². The molecule has 0 aliphatic rings. The Morgan fingerprint density at radius 1 is 1.53 bits per heavy atom. The summed E-state index contributed by atoms with van der Waals surface area (Å²) < 4.78 is 12.8. The summed E-state index contributed by atoms with van der Waals surface area (Å²) in [5.74, 6) is -0.262. The van der Waals surface area contributed by atoms with Crippen LogP contribution in [0.2, 0.25) is 0 Å². The number of carbonyl (C=O) groups excluding carboxylic acids is 1. The van der Waals surface area contributed by atoms with E-state index in [1.165, 1.54) is 12.1 Å². The first-order valence-electron chi connectivity index (χ1n) is 4.80. The Kier molecular flexibility index (Phi) is 4.71. The summed E-state index contributed by atoms with van der Waals surface area (Å²) in [7, 11) is 0. The molecule has 0 radical (unpaired) electrons.